The van der Waals surface area contributed by atoms with E-state index < -0.39 is 0 Å². The van der Waals surface area contributed by atoms with E-state index in [2.05, 4.69) is 5.32 Å². The van der Waals surface area contributed by atoms with Crippen molar-refractivity contribution in [1.82, 2.24) is 0 Å². The Bertz CT molecular complexity index is 581. The molecule has 0 radical (unpaired) electrons. The van der Waals surface area contributed by atoms with Gasteiger partial charge in [-0.15, -0.1) is 11.8 Å². The molecule has 104 valence electrons. The Morgan fingerprint density at radius 1 is 1.15 bits per heavy atom. The highest BCUT2D eigenvalue weighted by Crippen LogP contribution is 2.18. The largest absolute Gasteiger partial charge is 0.399 e. The Hall–Kier alpha value is -1.94. The third kappa shape index (κ3) is 4.03. The van der Waals surface area contributed by atoms with E-state index >= 15 is 0 Å². The summed E-state index contributed by atoms with van der Waals surface area (Å²) in [6.07, 6.45) is 3.11. The number of nitrogens with two attached hydrogens (primary N) is 1. The van der Waals surface area contributed by atoms with Gasteiger partial charge >= 0.3 is 0 Å². The van der Waals surface area contributed by atoms with Crippen LogP contribution in [0.5, 0.6) is 0 Å². The normalized spacial score (nSPS) is 10.2. The Kier molecular flexibility index (Phi) is 5.07. The summed E-state index contributed by atoms with van der Waals surface area (Å²) < 4.78 is 0. The van der Waals surface area contributed by atoms with Gasteiger partial charge in [0, 0.05) is 22.7 Å². The van der Waals surface area contributed by atoms with Crippen LogP contribution < -0.4 is 11.1 Å². The third-order valence-corrected chi connectivity index (χ3v) is 3.79. The number of hydrogen-bond acceptors (Lipinski definition) is 3. The molecule has 0 saturated carbocycles. The lowest BCUT2D eigenvalue weighted by Gasteiger charge is -2.07. The fourth-order valence-corrected chi connectivity index (χ4v) is 2.32. The molecule has 0 atom stereocenters. The van der Waals surface area contributed by atoms with Gasteiger partial charge in [-0.3, -0.25) is 4.79 Å². The van der Waals surface area contributed by atoms with Crippen LogP contribution in [0, 0.1) is 0 Å². The molecule has 0 heterocycles. The topological polar surface area (TPSA) is 55.1 Å². The van der Waals surface area contributed by atoms with Gasteiger partial charge in [-0.1, -0.05) is 18.2 Å². The van der Waals surface area contributed by atoms with Crippen LogP contribution in [-0.2, 0) is 11.2 Å². The first-order chi connectivity index (χ1) is 9.69. The molecule has 0 fully saturated rings. The van der Waals surface area contributed by atoms with E-state index in [0.717, 1.165) is 16.9 Å². The summed E-state index contributed by atoms with van der Waals surface area (Å²) in [5, 5.41) is 2.89. The van der Waals surface area contributed by atoms with Crippen LogP contribution in [0.25, 0.3) is 0 Å². The number of thioether (sulfide) groups is 1. The molecule has 0 spiro atoms. The zero-order valence-corrected chi connectivity index (χ0v) is 12.2. The molecular formula is C16H18N2OS. The van der Waals surface area contributed by atoms with E-state index in [9.17, 15) is 4.79 Å². The predicted octanol–water partition coefficient (Wildman–Crippen LogP) is 3.56. The lowest BCUT2D eigenvalue weighted by Crippen LogP contribution is -2.12. The first kappa shape index (κ1) is 14.5. The van der Waals surface area contributed by atoms with Gasteiger partial charge in [0.05, 0.1) is 0 Å². The minimum atomic E-state index is 0.00477. The Balaban J connectivity index is 1.87. The van der Waals surface area contributed by atoms with Crippen molar-refractivity contribution in [2.45, 2.75) is 17.7 Å². The zero-order valence-electron chi connectivity index (χ0n) is 11.4. The van der Waals surface area contributed by atoms with Crippen molar-refractivity contribution in [2.24, 2.45) is 0 Å². The molecule has 4 heteroatoms. The van der Waals surface area contributed by atoms with Crippen molar-refractivity contribution in [3.05, 3.63) is 54.1 Å². The summed E-state index contributed by atoms with van der Waals surface area (Å²) in [5.74, 6) is 0.00477. The molecule has 0 unspecified atom stereocenters. The van der Waals surface area contributed by atoms with Gasteiger partial charge in [-0.2, -0.15) is 0 Å². The molecule has 2 aromatic carbocycles. The highest BCUT2D eigenvalue weighted by atomic mass is 32.2. The summed E-state index contributed by atoms with van der Waals surface area (Å²) in [5.41, 5.74) is 8.44. The number of carbonyl (C=O) groups excluding carboxylic acids is 1. The minimum absolute atomic E-state index is 0.00477. The van der Waals surface area contributed by atoms with E-state index in [0.29, 0.717) is 12.8 Å². The molecule has 3 N–H and O–H groups in total. The van der Waals surface area contributed by atoms with Crippen LogP contribution in [0.3, 0.4) is 0 Å². The zero-order chi connectivity index (χ0) is 14.4. The average Bonchev–Trinajstić information content (AvgIpc) is 2.47. The van der Waals surface area contributed by atoms with Crippen LogP contribution >= 0.6 is 11.8 Å². The maximum atomic E-state index is 11.9. The molecule has 2 aromatic rings. The van der Waals surface area contributed by atoms with E-state index in [1.165, 1.54) is 4.90 Å². The van der Waals surface area contributed by atoms with Crippen molar-refractivity contribution in [2.75, 3.05) is 17.3 Å². The number of nitrogens with one attached hydrogen (secondary N) is 1. The second kappa shape index (κ2) is 7.01. The first-order valence-electron chi connectivity index (χ1n) is 6.46. The molecule has 0 aliphatic heterocycles. The van der Waals surface area contributed by atoms with Crippen molar-refractivity contribution in [3.8, 4) is 0 Å². The van der Waals surface area contributed by atoms with Crippen LogP contribution in [0.15, 0.2) is 53.4 Å². The lowest BCUT2D eigenvalue weighted by molar-refractivity contribution is -0.116. The van der Waals surface area contributed by atoms with Crippen molar-refractivity contribution >= 4 is 29.0 Å². The number of carbonyl (C=O) groups is 1. The monoisotopic (exact) mass is 286 g/mol. The molecule has 20 heavy (non-hydrogen) atoms. The third-order valence-electron chi connectivity index (χ3n) is 3.05. The number of benzene rings is 2. The Morgan fingerprint density at radius 3 is 2.50 bits per heavy atom. The molecule has 0 aliphatic rings. The van der Waals surface area contributed by atoms with E-state index in [1.54, 1.807) is 11.8 Å². The summed E-state index contributed by atoms with van der Waals surface area (Å²) in [4.78, 5) is 13.1. The number of aryl methyl sites for hydroxylation is 1. The Morgan fingerprint density at radius 2 is 1.85 bits per heavy atom. The lowest BCUT2D eigenvalue weighted by atomic mass is 10.1. The smallest absolute Gasteiger partial charge is 0.224 e. The number of hydrogen-bond donors (Lipinski definition) is 2. The van der Waals surface area contributed by atoms with E-state index in [1.807, 2.05) is 54.8 Å². The second-order valence-corrected chi connectivity index (χ2v) is 5.36. The average molecular weight is 286 g/mol. The van der Waals surface area contributed by atoms with Gasteiger partial charge < -0.3 is 11.1 Å². The predicted molar refractivity (Wildman–Crippen MR) is 86.0 cm³/mol. The quantitative estimate of drug-likeness (QED) is 0.652. The number of amides is 1. The van der Waals surface area contributed by atoms with Crippen LogP contribution in [0.1, 0.15) is 12.0 Å². The summed E-state index contributed by atoms with van der Waals surface area (Å²) in [6.45, 7) is 0. The molecule has 0 aromatic heterocycles. The molecule has 0 bridgehead atoms. The van der Waals surface area contributed by atoms with Crippen molar-refractivity contribution < 1.29 is 4.79 Å². The van der Waals surface area contributed by atoms with Gasteiger partial charge in [0.25, 0.3) is 0 Å². The molecular weight excluding hydrogens is 268 g/mol. The van der Waals surface area contributed by atoms with Crippen LogP contribution in [-0.4, -0.2) is 12.2 Å². The minimum Gasteiger partial charge on any atom is -0.399 e. The van der Waals surface area contributed by atoms with Crippen LogP contribution in [0.2, 0.25) is 0 Å². The highest BCUT2D eigenvalue weighted by molar-refractivity contribution is 7.98. The highest BCUT2D eigenvalue weighted by Gasteiger charge is 2.05. The number of nitrogen functional groups attached to an aromatic ring is 1. The number of para-hydroxylation sites is 1. The molecule has 2 rings (SSSR count). The molecule has 0 saturated heterocycles. The number of anilines is 2. The first-order valence-corrected chi connectivity index (χ1v) is 7.69. The van der Waals surface area contributed by atoms with Crippen molar-refractivity contribution in [1.29, 1.82) is 0 Å². The molecule has 1 amide bonds. The maximum absolute atomic E-state index is 11.9. The van der Waals surface area contributed by atoms with E-state index in [-0.39, 0.29) is 5.91 Å². The molecule has 3 nitrogen and oxygen atoms in total. The summed E-state index contributed by atoms with van der Waals surface area (Å²) >= 11 is 1.68. The maximum Gasteiger partial charge on any atom is 0.224 e. The van der Waals surface area contributed by atoms with E-state index in [4.69, 9.17) is 5.73 Å². The standard InChI is InChI=1S/C16H18N2OS/c1-20-14-9-7-13(8-10-14)18-16(19)11-6-12-4-2-3-5-15(12)17/h2-5,7-10H,6,11,17H2,1H3,(H,18,19). The van der Waals surface area contributed by atoms with Gasteiger partial charge in [-0.05, 0) is 48.6 Å². The Labute approximate surface area is 123 Å². The van der Waals surface area contributed by atoms with Gasteiger partial charge in [0.1, 0.15) is 0 Å². The van der Waals surface area contributed by atoms with Crippen LogP contribution in [0.4, 0.5) is 11.4 Å². The SMILES string of the molecule is CSc1ccc(NC(=O)CCc2ccccc2N)cc1. The fourth-order valence-electron chi connectivity index (χ4n) is 1.91. The second-order valence-electron chi connectivity index (χ2n) is 4.48. The summed E-state index contributed by atoms with van der Waals surface area (Å²) in [7, 11) is 0. The van der Waals surface area contributed by atoms with Gasteiger partial charge in [-0.25, -0.2) is 0 Å². The van der Waals surface area contributed by atoms with Gasteiger partial charge in [0.2, 0.25) is 5.91 Å². The molecule has 0 aliphatic carbocycles. The number of rotatable bonds is 5. The van der Waals surface area contributed by atoms with Gasteiger partial charge in [0.15, 0.2) is 0 Å². The fraction of sp³-hybridized carbons (Fsp3) is 0.188. The summed E-state index contributed by atoms with van der Waals surface area (Å²) in [6, 6.07) is 15.5. The van der Waals surface area contributed by atoms with Crippen molar-refractivity contribution in [3.63, 3.8) is 0 Å².